The molecular weight excluding hydrogens is 314 g/mol. The van der Waals surface area contributed by atoms with E-state index in [1.54, 1.807) is 32.9 Å². The molecule has 78 valence electrons. The second-order valence-electron chi connectivity index (χ2n) is 3.90. The molecule has 5 heteroatoms. The molecule has 0 aromatic carbocycles. The molecule has 0 aliphatic heterocycles. The molecule has 0 saturated heterocycles. The zero-order valence-electron chi connectivity index (χ0n) is 8.17. The molecule has 0 fully saturated rings. The Bertz CT molecular complexity index is 333. The number of nitrogens with zero attached hydrogens (tertiary/aromatic N) is 1. The molecule has 0 aliphatic rings. The van der Waals surface area contributed by atoms with E-state index >= 15 is 0 Å². The molecule has 0 bridgehead atoms. The Hall–Kier alpha value is -0.290. The second kappa shape index (κ2) is 4.06. The van der Waals surface area contributed by atoms with Gasteiger partial charge < -0.3 is 4.84 Å². The molecular formula is C9H11Br2NO2. The van der Waals surface area contributed by atoms with Crippen molar-refractivity contribution in [3.8, 4) is 0 Å². The van der Waals surface area contributed by atoms with Crippen LogP contribution in [0.2, 0.25) is 0 Å². The van der Waals surface area contributed by atoms with Crippen LogP contribution in [0.25, 0.3) is 0 Å². The van der Waals surface area contributed by atoms with E-state index in [0.29, 0.717) is 9.21 Å². The molecule has 0 unspecified atom stereocenters. The van der Waals surface area contributed by atoms with Gasteiger partial charge in [-0.2, -0.15) is 4.73 Å². The van der Waals surface area contributed by atoms with Crippen LogP contribution in [-0.4, -0.2) is 10.7 Å². The molecule has 14 heavy (non-hydrogen) atoms. The van der Waals surface area contributed by atoms with Gasteiger partial charge in [0.15, 0.2) is 0 Å². The average Bonchev–Trinajstić information content (AvgIpc) is 2.34. The molecule has 1 aromatic heterocycles. The largest absolute Gasteiger partial charge is 0.338 e. The lowest BCUT2D eigenvalue weighted by atomic mass is 9.98. The zero-order chi connectivity index (χ0) is 10.9. The first-order valence-corrected chi connectivity index (χ1v) is 5.66. The lowest BCUT2D eigenvalue weighted by Gasteiger charge is -2.17. The number of halogens is 2. The maximum atomic E-state index is 11.6. The lowest BCUT2D eigenvalue weighted by Crippen LogP contribution is -2.31. The molecule has 3 nitrogen and oxygen atoms in total. The molecule has 0 N–H and O–H groups in total. The van der Waals surface area contributed by atoms with Crippen LogP contribution in [0.1, 0.15) is 20.8 Å². The number of aromatic nitrogens is 1. The highest BCUT2D eigenvalue weighted by Crippen LogP contribution is 2.21. The summed E-state index contributed by atoms with van der Waals surface area (Å²) in [5, 5.41) is 0. The maximum absolute atomic E-state index is 11.6. The normalized spacial score (nSPS) is 11.5. The fraction of sp³-hybridized carbons (Fsp3) is 0.444. The van der Waals surface area contributed by atoms with Gasteiger partial charge in [0, 0.05) is 0 Å². The van der Waals surface area contributed by atoms with E-state index in [0.717, 1.165) is 0 Å². The molecule has 1 rings (SSSR count). The van der Waals surface area contributed by atoms with Gasteiger partial charge >= 0.3 is 5.97 Å². The first kappa shape index (κ1) is 11.8. The summed E-state index contributed by atoms with van der Waals surface area (Å²) in [5.74, 6) is -0.282. The standard InChI is InChI=1S/C9H11Br2NO2/c1-9(2,3)8(13)14-12-6(10)4-5-7(12)11/h4-5H,1-3H3. The molecule has 1 heterocycles. The third kappa shape index (κ3) is 2.60. The van der Waals surface area contributed by atoms with E-state index in [1.807, 2.05) is 0 Å². The van der Waals surface area contributed by atoms with Crippen LogP contribution in [0.5, 0.6) is 0 Å². The van der Waals surface area contributed by atoms with E-state index in [4.69, 9.17) is 4.84 Å². The Morgan fingerprint density at radius 1 is 1.29 bits per heavy atom. The minimum atomic E-state index is -0.511. The highest BCUT2D eigenvalue weighted by molar-refractivity contribution is 9.11. The Balaban J connectivity index is 2.85. The second-order valence-corrected chi connectivity index (χ2v) is 5.53. The number of rotatable bonds is 1. The van der Waals surface area contributed by atoms with Gasteiger partial charge in [-0.3, -0.25) is 0 Å². The van der Waals surface area contributed by atoms with Crippen molar-refractivity contribution in [2.45, 2.75) is 20.8 Å². The third-order valence-electron chi connectivity index (χ3n) is 1.53. The fourth-order valence-electron chi connectivity index (χ4n) is 0.682. The smallest absolute Gasteiger partial charge is 0.334 e. The Kier molecular flexibility index (Phi) is 3.42. The number of carbonyl (C=O) groups is 1. The highest BCUT2D eigenvalue weighted by atomic mass is 79.9. The summed E-state index contributed by atoms with van der Waals surface area (Å²) in [6.45, 7) is 5.42. The molecule has 0 spiro atoms. The first-order valence-electron chi connectivity index (χ1n) is 4.08. The minimum absolute atomic E-state index is 0.282. The summed E-state index contributed by atoms with van der Waals surface area (Å²) in [5.41, 5.74) is -0.511. The molecule has 0 aliphatic carbocycles. The van der Waals surface area contributed by atoms with Gasteiger partial charge in [-0.25, -0.2) is 4.79 Å². The van der Waals surface area contributed by atoms with Crippen molar-refractivity contribution in [3.63, 3.8) is 0 Å². The summed E-state index contributed by atoms with van der Waals surface area (Å²) < 4.78 is 2.79. The monoisotopic (exact) mass is 323 g/mol. The average molecular weight is 325 g/mol. The third-order valence-corrected chi connectivity index (χ3v) is 2.71. The predicted octanol–water partition coefficient (Wildman–Crippen LogP) is 3.01. The van der Waals surface area contributed by atoms with Crippen LogP contribution in [0.3, 0.4) is 0 Å². The molecule has 1 aromatic rings. The summed E-state index contributed by atoms with van der Waals surface area (Å²) in [6, 6.07) is 3.58. The van der Waals surface area contributed by atoms with E-state index < -0.39 is 5.41 Å². The van der Waals surface area contributed by atoms with Gasteiger partial charge in [-0.1, -0.05) is 0 Å². The van der Waals surface area contributed by atoms with E-state index in [1.165, 1.54) is 4.73 Å². The Labute approximate surface area is 99.6 Å². The lowest BCUT2D eigenvalue weighted by molar-refractivity contribution is -0.154. The number of carbonyl (C=O) groups excluding carboxylic acids is 1. The Morgan fingerprint density at radius 3 is 2.07 bits per heavy atom. The molecule has 0 atom stereocenters. The highest BCUT2D eigenvalue weighted by Gasteiger charge is 2.25. The van der Waals surface area contributed by atoms with E-state index in [-0.39, 0.29) is 5.97 Å². The van der Waals surface area contributed by atoms with Crippen molar-refractivity contribution in [2.24, 2.45) is 5.41 Å². The van der Waals surface area contributed by atoms with Gasteiger partial charge in [0.2, 0.25) is 0 Å². The maximum Gasteiger partial charge on any atom is 0.338 e. The van der Waals surface area contributed by atoms with Crippen LogP contribution in [0.4, 0.5) is 0 Å². The molecule has 0 saturated carbocycles. The van der Waals surface area contributed by atoms with Gasteiger partial charge in [0.05, 0.1) is 5.41 Å². The van der Waals surface area contributed by atoms with Crippen molar-refractivity contribution in [1.29, 1.82) is 0 Å². The van der Waals surface area contributed by atoms with Gasteiger partial charge in [0.25, 0.3) is 0 Å². The summed E-state index contributed by atoms with van der Waals surface area (Å²) in [7, 11) is 0. The van der Waals surface area contributed by atoms with Crippen LogP contribution in [0.15, 0.2) is 21.3 Å². The van der Waals surface area contributed by atoms with Gasteiger partial charge in [-0.15, -0.1) is 0 Å². The van der Waals surface area contributed by atoms with Crippen LogP contribution in [-0.2, 0) is 4.79 Å². The van der Waals surface area contributed by atoms with Crippen LogP contribution < -0.4 is 4.84 Å². The SMILES string of the molecule is CC(C)(C)C(=O)On1c(Br)ccc1Br. The van der Waals surface area contributed by atoms with Crippen molar-refractivity contribution < 1.29 is 9.63 Å². The number of hydrogen-bond donors (Lipinski definition) is 0. The van der Waals surface area contributed by atoms with Crippen molar-refractivity contribution in [3.05, 3.63) is 21.3 Å². The molecule has 0 amide bonds. The summed E-state index contributed by atoms with van der Waals surface area (Å²) in [4.78, 5) is 16.7. The van der Waals surface area contributed by atoms with E-state index in [9.17, 15) is 4.79 Å². The molecule has 0 radical (unpaired) electrons. The minimum Gasteiger partial charge on any atom is -0.334 e. The fourth-order valence-corrected chi connectivity index (χ4v) is 1.71. The van der Waals surface area contributed by atoms with Crippen LogP contribution in [0, 0.1) is 5.41 Å². The van der Waals surface area contributed by atoms with E-state index in [2.05, 4.69) is 31.9 Å². The van der Waals surface area contributed by atoms with Crippen molar-refractivity contribution >= 4 is 37.8 Å². The van der Waals surface area contributed by atoms with Crippen LogP contribution >= 0.6 is 31.9 Å². The van der Waals surface area contributed by atoms with Crippen molar-refractivity contribution in [2.75, 3.05) is 0 Å². The van der Waals surface area contributed by atoms with Gasteiger partial charge in [0.1, 0.15) is 9.21 Å². The van der Waals surface area contributed by atoms with Crippen molar-refractivity contribution in [1.82, 2.24) is 4.73 Å². The zero-order valence-corrected chi connectivity index (χ0v) is 11.3. The number of hydrogen-bond acceptors (Lipinski definition) is 2. The van der Waals surface area contributed by atoms with Gasteiger partial charge in [-0.05, 0) is 64.8 Å². The Morgan fingerprint density at radius 2 is 1.71 bits per heavy atom. The summed E-state index contributed by atoms with van der Waals surface area (Å²) >= 11 is 6.54. The summed E-state index contributed by atoms with van der Waals surface area (Å²) in [6.07, 6.45) is 0. The predicted molar refractivity (Wildman–Crippen MR) is 60.9 cm³/mol. The topological polar surface area (TPSA) is 31.2 Å². The quantitative estimate of drug-likeness (QED) is 0.795. The first-order chi connectivity index (χ1) is 6.32.